The molecular formula is C13H23NO3. The molecule has 4 nitrogen and oxygen atoms in total. The topological polar surface area (TPSA) is 38.8 Å². The average molecular weight is 241 g/mol. The van der Waals surface area contributed by atoms with Crippen molar-refractivity contribution in [2.45, 2.75) is 25.7 Å². The number of ether oxygens (including phenoxy) is 2. The lowest BCUT2D eigenvalue weighted by Gasteiger charge is -2.22. The van der Waals surface area contributed by atoms with Crippen LogP contribution in [0.3, 0.4) is 0 Å². The summed E-state index contributed by atoms with van der Waals surface area (Å²) in [6.07, 6.45) is 5.77. The standard InChI is InChI=1S/C13H23NO3/c1-16-9-7-14(8-10-17-2)11-12-5-3-4-6-13(12)15/h11H,3-10H2,1-2H3/b12-11+. The fourth-order valence-corrected chi connectivity index (χ4v) is 1.92. The van der Waals surface area contributed by atoms with Crippen LogP contribution >= 0.6 is 0 Å². The summed E-state index contributed by atoms with van der Waals surface area (Å²) in [5.41, 5.74) is 0.962. The van der Waals surface area contributed by atoms with Crippen molar-refractivity contribution >= 4 is 5.78 Å². The summed E-state index contributed by atoms with van der Waals surface area (Å²) in [5.74, 6) is 0.302. The van der Waals surface area contributed by atoms with Crippen molar-refractivity contribution in [3.05, 3.63) is 11.8 Å². The van der Waals surface area contributed by atoms with Crippen LogP contribution in [-0.4, -0.2) is 51.2 Å². The molecule has 0 radical (unpaired) electrons. The van der Waals surface area contributed by atoms with E-state index in [1.807, 2.05) is 6.20 Å². The Bertz CT molecular complexity index is 255. The summed E-state index contributed by atoms with van der Waals surface area (Å²) in [6, 6.07) is 0. The molecule has 0 aromatic heterocycles. The van der Waals surface area contributed by atoms with Crippen molar-refractivity contribution in [2.24, 2.45) is 0 Å². The smallest absolute Gasteiger partial charge is 0.160 e. The zero-order valence-electron chi connectivity index (χ0n) is 10.9. The van der Waals surface area contributed by atoms with Crippen LogP contribution in [0, 0.1) is 0 Å². The second-order valence-electron chi connectivity index (χ2n) is 4.31. The molecule has 1 rings (SSSR count). The van der Waals surface area contributed by atoms with Crippen molar-refractivity contribution < 1.29 is 14.3 Å². The fourth-order valence-electron chi connectivity index (χ4n) is 1.92. The Balaban J connectivity index is 2.54. The molecule has 0 N–H and O–H groups in total. The summed E-state index contributed by atoms with van der Waals surface area (Å²) in [6.45, 7) is 2.94. The van der Waals surface area contributed by atoms with E-state index in [2.05, 4.69) is 4.90 Å². The fraction of sp³-hybridized carbons (Fsp3) is 0.769. The average Bonchev–Trinajstić information content (AvgIpc) is 2.35. The van der Waals surface area contributed by atoms with E-state index in [0.717, 1.165) is 37.9 Å². The van der Waals surface area contributed by atoms with Crippen LogP contribution in [0.25, 0.3) is 0 Å². The second-order valence-corrected chi connectivity index (χ2v) is 4.31. The Kier molecular flexibility index (Phi) is 6.89. The highest BCUT2D eigenvalue weighted by Gasteiger charge is 2.15. The van der Waals surface area contributed by atoms with E-state index < -0.39 is 0 Å². The van der Waals surface area contributed by atoms with Gasteiger partial charge in [-0.15, -0.1) is 0 Å². The highest BCUT2D eigenvalue weighted by molar-refractivity contribution is 5.95. The number of carbonyl (C=O) groups is 1. The van der Waals surface area contributed by atoms with Gasteiger partial charge in [0.2, 0.25) is 0 Å². The molecule has 0 bridgehead atoms. The van der Waals surface area contributed by atoms with Crippen molar-refractivity contribution in [1.82, 2.24) is 4.90 Å². The third-order valence-corrected chi connectivity index (χ3v) is 2.96. The lowest BCUT2D eigenvalue weighted by Crippen LogP contribution is -2.27. The van der Waals surface area contributed by atoms with Crippen LogP contribution in [-0.2, 0) is 14.3 Å². The minimum atomic E-state index is 0.302. The van der Waals surface area contributed by atoms with Gasteiger partial charge in [0.1, 0.15) is 0 Å². The molecule has 0 aliphatic heterocycles. The van der Waals surface area contributed by atoms with Crippen molar-refractivity contribution in [3.8, 4) is 0 Å². The first kappa shape index (κ1) is 14.2. The van der Waals surface area contributed by atoms with Gasteiger partial charge < -0.3 is 14.4 Å². The summed E-state index contributed by atoms with van der Waals surface area (Å²) in [4.78, 5) is 13.8. The largest absolute Gasteiger partial charge is 0.383 e. The maximum Gasteiger partial charge on any atom is 0.160 e. The van der Waals surface area contributed by atoms with E-state index in [4.69, 9.17) is 9.47 Å². The number of nitrogens with zero attached hydrogens (tertiary/aromatic N) is 1. The molecule has 0 heterocycles. The van der Waals surface area contributed by atoms with Crippen LogP contribution in [0.2, 0.25) is 0 Å². The van der Waals surface area contributed by atoms with Gasteiger partial charge in [-0.25, -0.2) is 0 Å². The lowest BCUT2D eigenvalue weighted by atomic mass is 9.94. The zero-order chi connectivity index (χ0) is 12.5. The van der Waals surface area contributed by atoms with E-state index in [0.29, 0.717) is 25.4 Å². The van der Waals surface area contributed by atoms with Gasteiger partial charge in [0, 0.05) is 45.5 Å². The minimum absolute atomic E-state index is 0.302. The Hall–Kier alpha value is -0.870. The zero-order valence-corrected chi connectivity index (χ0v) is 10.9. The van der Waals surface area contributed by atoms with Gasteiger partial charge in [-0.3, -0.25) is 4.79 Å². The van der Waals surface area contributed by atoms with Gasteiger partial charge in [0.15, 0.2) is 5.78 Å². The summed E-state index contributed by atoms with van der Waals surface area (Å²) in [7, 11) is 3.38. The first-order valence-corrected chi connectivity index (χ1v) is 6.23. The molecule has 98 valence electrons. The Morgan fingerprint density at radius 1 is 1.12 bits per heavy atom. The number of rotatable bonds is 7. The molecule has 0 aromatic carbocycles. The van der Waals surface area contributed by atoms with Crippen LogP contribution in [0.5, 0.6) is 0 Å². The molecule has 4 heteroatoms. The number of hydrogen-bond donors (Lipinski definition) is 0. The van der Waals surface area contributed by atoms with E-state index in [1.54, 1.807) is 14.2 Å². The molecule has 0 unspecified atom stereocenters. The number of Topliss-reactive ketones (excluding diaryl/α,β-unsaturated/α-hetero) is 1. The molecule has 0 aromatic rings. The number of hydrogen-bond acceptors (Lipinski definition) is 4. The lowest BCUT2D eigenvalue weighted by molar-refractivity contribution is -0.116. The maximum absolute atomic E-state index is 11.7. The monoisotopic (exact) mass is 241 g/mol. The second kappa shape index (κ2) is 8.25. The number of carbonyl (C=O) groups excluding carboxylic acids is 1. The van der Waals surface area contributed by atoms with Gasteiger partial charge >= 0.3 is 0 Å². The van der Waals surface area contributed by atoms with Crippen LogP contribution in [0.4, 0.5) is 0 Å². The predicted octanol–water partition coefficient (Wildman–Crippen LogP) is 1.61. The van der Waals surface area contributed by atoms with Crippen LogP contribution < -0.4 is 0 Å². The molecule has 1 fully saturated rings. The van der Waals surface area contributed by atoms with Crippen molar-refractivity contribution in [1.29, 1.82) is 0 Å². The molecule has 1 saturated carbocycles. The highest BCUT2D eigenvalue weighted by atomic mass is 16.5. The quantitative estimate of drug-likeness (QED) is 0.635. The van der Waals surface area contributed by atoms with E-state index in [-0.39, 0.29) is 0 Å². The summed E-state index contributed by atoms with van der Waals surface area (Å²) < 4.78 is 10.1. The van der Waals surface area contributed by atoms with E-state index in [1.165, 1.54) is 0 Å². The minimum Gasteiger partial charge on any atom is -0.383 e. The number of allylic oxidation sites excluding steroid dienone is 1. The third-order valence-electron chi connectivity index (χ3n) is 2.96. The third kappa shape index (κ3) is 5.33. The maximum atomic E-state index is 11.7. The van der Waals surface area contributed by atoms with Crippen LogP contribution in [0.1, 0.15) is 25.7 Å². The molecular weight excluding hydrogens is 218 g/mol. The Morgan fingerprint density at radius 3 is 2.24 bits per heavy atom. The van der Waals surface area contributed by atoms with Gasteiger partial charge in [-0.1, -0.05) is 0 Å². The van der Waals surface area contributed by atoms with Gasteiger partial charge in [-0.2, -0.15) is 0 Å². The molecule has 17 heavy (non-hydrogen) atoms. The molecule has 1 aliphatic rings. The van der Waals surface area contributed by atoms with Crippen LogP contribution in [0.15, 0.2) is 11.8 Å². The van der Waals surface area contributed by atoms with Crippen molar-refractivity contribution in [2.75, 3.05) is 40.5 Å². The summed E-state index contributed by atoms with van der Waals surface area (Å²) in [5, 5.41) is 0. The normalized spacial score (nSPS) is 18.7. The SMILES string of the molecule is COCCN(/C=C1\CCCCC1=O)CCOC. The number of ketones is 1. The first-order valence-electron chi connectivity index (χ1n) is 6.23. The molecule has 0 saturated heterocycles. The first-order chi connectivity index (χ1) is 8.27. The molecule has 0 amide bonds. The Labute approximate surface area is 104 Å². The molecule has 0 atom stereocenters. The predicted molar refractivity (Wildman–Crippen MR) is 66.9 cm³/mol. The summed E-state index contributed by atoms with van der Waals surface area (Å²) >= 11 is 0. The van der Waals surface area contributed by atoms with Gasteiger partial charge in [0.25, 0.3) is 0 Å². The molecule has 0 spiro atoms. The van der Waals surface area contributed by atoms with E-state index >= 15 is 0 Å². The van der Waals surface area contributed by atoms with Crippen molar-refractivity contribution in [3.63, 3.8) is 0 Å². The van der Waals surface area contributed by atoms with Gasteiger partial charge in [0.05, 0.1) is 13.2 Å². The Morgan fingerprint density at radius 2 is 1.71 bits per heavy atom. The molecule has 1 aliphatic carbocycles. The van der Waals surface area contributed by atoms with E-state index in [9.17, 15) is 4.79 Å². The highest BCUT2D eigenvalue weighted by Crippen LogP contribution is 2.20. The van der Waals surface area contributed by atoms with Gasteiger partial charge in [-0.05, 0) is 19.3 Å². The number of methoxy groups -OCH3 is 2.